The molecule has 0 spiro atoms. The maximum absolute atomic E-state index is 12.2. The average molecular weight is 261 g/mol. The Kier molecular flexibility index (Phi) is 2.73. The fraction of sp³-hybridized carbons (Fsp3) is 0.286. The van der Waals surface area contributed by atoms with Crippen molar-refractivity contribution in [3.05, 3.63) is 23.3 Å². The van der Waals surface area contributed by atoms with Gasteiger partial charge in [0.1, 0.15) is 12.2 Å². The number of nitrogens with one attached hydrogen (secondary N) is 1. The minimum Gasteiger partial charge on any atom is -0.364 e. The number of nitrogens with two attached hydrogens (primary N) is 1. The molecule has 8 nitrogen and oxygen atoms in total. The number of amides is 1. The first-order valence-electron chi connectivity index (χ1n) is 4.55. The lowest BCUT2D eigenvalue weighted by Gasteiger charge is -1.97. The number of hydrogen-bond acceptors (Lipinski definition) is 5. The molecule has 0 bridgehead atoms. The van der Waals surface area contributed by atoms with Gasteiger partial charge < -0.3 is 5.73 Å². The van der Waals surface area contributed by atoms with Gasteiger partial charge in [0.25, 0.3) is 11.7 Å². The van der Waals surface area contributed by atoms with Gasteiger partial charge in [0.05, 0.1) is 5.69 Å². The van der Waals surface area contributed by atoms with E-state index in [0.717, 1.165) is 4.80 Å². The van der Waals surface area contributed by atoms with Crippen LogP contribution in [0.1, 0.15) is 22.0 Å². The van der Waals surface area contributed by atoms with Crippen molar-refractivity contribution in [1.82, 2.24) is 30.4 Å². The molecule has 11 heteroatoms. The van der Waals surface area contributed by atoms with E-state index in [1.807, 2.05) is 0 Å². The summed E-state index contributed by atoms with van der Waals surface area (Å²) in [5.74, 6) is -2.09. The van der Waals surface area contributed by atoms with Crippen LogP contribution in [0.2, 0.25) is 0 Å². The number of primary amides is 1. The van der Waals surface area contributed by atoms with Crippen LogP contribution in [0, 0.1) is 0 Å². The minimum atomic E-state index is -4.65. The predicted octanol–water partition coefficient (Wildman–Crippen LogP) is -0.438. The molecule has 0 aliphatic rings. The van der Waals surface area contributed by atoms with Crippen molar-refractivity contribution < 1.29 is 18.0 Å². The monoisotopic (exact) mass is 261 g/mol. The van der Waals surface area contributed by atoms with E-state index in [4.69, 9.17) is 5.73 Å². The molecule has 96 valence electrons. The van der Waals surface area contributed by atoms with Gasteiger partial charge in [0.15, 0.2) is 0 Å². The summed E-state index contributed by atoms with van der Waals surface area (Å²) in [7, 11) is 0. The first kappa shape index (κ1) is 12.0. The molecular weight excluding hydrogens is 255 g/mol. The normalized spacial score (nSPS) is 11.7. The molecule has 3 N–H and O–H groups in total. The van der Waals surface area contributed by atoms with Crippen molar-refractivity contribution >= 4 is 5.91 Å². The molecule has 0 radical (unpaired) electrons. The number of alkyl halides is 3. The van der Waals surface area contributed by atoms with Crippen molar-refractivity contribution in [2.45, 2.75) is 12.7 Å². The topological polar surface area (TPSA) is 115 Å². The first-order valence-corrected chi connectivity index (χ1v) is 4.55. The fourth-order valence-electron chi connectivity index (χ4n) is 1.14. The van der Waals surface area contributed by atoms with E-state index < -0.39 is 17.9 Å². The zero-order chi connectivity index (χ0) is 13.3. The summed E-state index contributed by atoms with van der Waals surface area (Å²) >= 11 is 0. The Hall–Kier alpha value is -2.46. The Bertz CT molecular complexity index is 572. The van der Waals surface area contributed by atoms with Crippen LogP contribution in [-0.4, -0.2) is 36.3 Å². The summed E-state index contributed by atoms with van der Waals surface area (Å²) in [6, 6.07) is 1.29. The summed E-state index contributed by atoms with van der Waals surface area (Å²) in [5.41, 5.74) is 5.26. The maximum atomic E-state index is 12.2. The third-order valence-electron chi connectivity index (χ3n) is 1.90. The van der Waals surface area contributed by atoms with Crippen LogP contribution < -0.4 is 5.73 Å². The van der Waals surface area contributed by atoms with Crippen LogP contribution in [0.5, 0.6) is 0 Å². The molecule has 0 atom stereocenters. The van der Waals surface area contributed by atoms with Gasteiger partial charge in [-0.25, -0.2) is 0 Å². The summed E-state index contributed by atoms with van der Waals surface area (Å²) < 4.78 is 36.6. The molecule has 0 aliphatic carbocycles. The molecule has 0 fully saturated rings. The summed E-state index contributed by atoms with van der Waals surface area (Å²) in [6.07, 6.45) is -4.65. The molecular formula is C7H6F3N7O. The molecule has 0 saturated heterocycles. The van der Waals surface area contributed by atoms with Gasteiger partial charge in [-0.3, -0.25) is 9.89 Å². The average Bonchev–Trinajstić information content (AvgIpc) is 2.85. The number of tetrazole rings is 1. The lowest BCUT2D eigenvalue weighted by molar-refractivity contribution is -0.145. The zero-order valence-electron chi connectivity index (χ0n) is 8.64. The minimum absolute atomic E-state index is 0.0267. The second-order valence-corrected chi connectivity index (χ2v) is 3.28. The number of aromatic amines is 1. The Labute approximate surface area is 97.0 Å². The number of carbonyl (C=O) groups excluding carboxylic acids is 1. The maximum Gasteiger partial charge on any atom is 0.455 e. The Morgan fingerprint density at radius 1 is 1.50 bits per heavy atom. The van der Waals surface area contributed by atoms with Gasteiger partial charge in [-0.2, -0.15) is 23.1 Å². The number of rotatable bonds is 3. The molecule has 0 unspecified atom stereocenters. The van der Waals surface area contributed by atoms with Gasteiger partial charge in [-0.1, -0.05) is 0 Å². The largest absolute Gasteiger partial charge is 0.455 e. The lowest BCUT2D eigenvalue weighted by atomic mass is 10.3. The number of H-pyrrole nitrogens is 1. The van der Waals surface area contributed by atoms with Crippen molar-refractivity contribution in [1.29, 1.82) is 0 Å². The fourth-order valence-corrected chi connectivity index (χ4v) is 1.14. The van der Waals surface area contributed by atoms with Crippen molar-refractivity contribution in [2.75, 3.05) is 0 Å². The van der Waals surface area contributed by atoms with E-state index in [1.54, 1.807) is 0 Å². The highest BCUT2D eigenvalue weighted by molar-refractivity contribution is 5.90. The van der Waals surface area contributed by atoms with Gasteiger partial charge in [0, 0.05) is 0 Å². The van der Waals surface area contributed by atoms with E-state index in [0.29, 0.717) is 5.69 Å². The molecule has 2 aromatic rings. The first-order chi connectivity index (χ1) is 8.36. The number of carbonyl (C=O) groups is 1. The molecule has 1 amide bonds. The Balaban J connectivity index is 2.14. The Morgan fingerprint density at radius 3 is 2.72 bits per heavy atom. The standard InChI is InChI=1S/C7H6F3N7O/c8-7(9,10)6-14-16-17(15-6)2-3-1-4(5(11)18)13-12-3/h1H,2H2,(H2,11,18)(H,12,13). The van der Waals surface area contributed by atoms with Crippen LogP contribution in [-0.2, 0) is 12.7 Å². The summed E-state index contributed by atoms with van der Waals surface area (Å²) in [5, 5.41) is 15.2. The van der Waals surface area contributed by atoms with E-state index in [-0.39, 0.29) is 12.2 Å². The van der Waals surface area contributed by atoms with Crippen molar-refractivity contribution in [2.24, 2.45) is 5.73 Å². The third kappa shape index (κ3) is 2.44. The second-order valence-electron chi connectivity index (χ2n) is 3.28. The van der Waals surface area contributed by atoms with Gasteiger partial charge in [-0.15, -0.1) is 10.2 Å². The van der Waals surface area contributed by atoms with E-state index in [1.165, 1.54) is 6.07 Å². The van der Waals surface area contributed by atoms with Crippen molar-refractivity contribution in [3.63, 3.8) is 0 Å². The van der Waals surface area contributed by atoms with Gasteiger partial charge in [-0.05, 0) is 11.3 Å². The molecule has 18 heavy (non-hydrogen) atoms. The molecule has 0 aromatic carbocycles. The summed E-state index contributed by atoms with van der Waals surface area (Å²) in [4.78, 5) is 11.5. The number of halogens is 3. The van der Waals surface area contributed by atoms with Crippen LogP contribution >= 0.6 is 0 Å². The lowest BCUT2D eigenvalue weighted by Crippen LogP contribution is -2.11. The molecule has 2 rings (SSSR count). The second kappa shape index (κ2) is 4.09. The van der Waals surface area contributed by atoms with Crippen LogP contribution in [0.15, 0.2) is 6.07 Å². The van der Waals surface area contributed by atoms with Crippen LogP contribution in [0.25, 0.3) is 0 Å². The van der Waals surface area contributed by atoms with Gasteiger partial charge in [0.2, 0.25) is 0 Å². The SMILES string of the molecule is NC(=O)c1cc(Cn2nnc(C(F)(F)F)n2)[nH]n1. The summed E-state index contributed by atoms with van der Waals surface area (Å²) in [6.45, 7) is -0.136. The van der Waals surface area contributed by atoms with E-state index >= 15 is 0 Å². The molecule has 0 saturated carbocycles. The van der Waals surface area contributed by atoms with Crippen molar-refractivity contribution in [3.8, 4) is 0 Å². The molecule has 0 aliphatic heterocycles. The molecule has 2 aromatic heterocycles. The third-order valence-corrected chi connectivity index (χ3v) is 1.90. The van der Waals surface area contributed by atoms with Crippen LogP contribution in [0.4, 0.5) is 13.2 Å². The highest BCUT2D eigenvalue weighted by Crippen LogP contribution is 2.24. The quantitative estimate of drug-likeness (QED) is 0.777. The number of nitrogens with zero attached hydrogens (tertiary/aromatic N) is 5. The zero-order valence-corrected chi connectivity index (χ0v) is 8.64. The van der Waals surface area contributed by atoms with Gasteiger partial charge >= 0.3 is 6.18 Å². The van der Waals surface area contributed by atoms with E-state index in [2.05, 4.69) is 25.6 Å². The number of hydrogen-bond donors (Lipinski definition) is 2. The number of aromatic nitrogens is 6. The highest BCUT2D eigenvalue weighted by atomic mass is 19.4. The molecule has 2 heterocycles. The van der Waals surface area contributed by atoms with E-state index in [9.17, 15) is 18.0 Å². The highest BCUT2D eigenvalue weighted by Gasteiger charge is 2.36. The predicted molar refractivity (Wildman–Crippen MR) is 49.0 cm³/mol. The smallest absolute Gasteiger partial charge is 0.364 e. The Morgan fingerprint density at radius 2 is 2.22 bits per heavy atom. The van der Waals surface area contributed by atoms with Crippen LogP contribution in [0.3, 0.4) is 0 Å².